The van der Waals surface area contributed by atoms with Gasteiger partial charge in [-0.25, -0.2) is 0 Å². The van der Waals surface area contributed by atoms with Gasteiger partial charge in [-0.15, -0.1) is 0 Å². The van der Waals surface area contributed by atoms with Gasteiger partial charge in [0.25, 0.3) is 0 Å². The highest BCUT2D eigenvalue weighted by Crippen LogP contribution is 2.14. The zero-order chi connectivity index (χ0) is 18.8. The summed E-state index contributed by atoms with van der Waals surface area (Å²) in [6.45, 7) is 7.90. The zero-order valence-corrected chi connectivity index (χ0v) is 19.0. The molecule has 0 aliphatic heterocycles. The third-order valence-electron chi connectivity index (χ3n) is 5.32. The second-order valence-corrected chi connectivity index (χ2v) is 8.80. The Hall–Kier alpha value is 0.210. The molecule has 1 unspecified atom stereocenters. The summed E-state index contributed by atoms with van der Waals surface area (Å²) in [5.74, 6) is 0. The van der Waals surface area contributed by atoms with E-state index >= 15 is 0 Å². The summed E-state index contributed by atoms with van der Waals surface area (Å²) in [7, 11) is 4.39. The van der Waals surface area contributed by atoms with Crippen LogP contribution >= 0.6 is 0 Å². The van der Waals surface area contributed by atoms with Crippen molar-refractivity contribution in [3.05, 3.63) is 6.92 Å². The Morgan fingerprint density at radius 2 is 0.962 bits per heavy atom. The number of aliphatic hydroxyl groups is 1. The van der Waals surface area contributed by atoms with Crippen LogP contribution in [0.5, 0.6) is 0 Å². The van der Waals surface area contributed by atoms with Crippen LogP contribution in [0.4, 0.5) is 0 Å². The van der Waals surface area contributed by atoms with E-state index in [4.69, 9.17) is 0 Å². The SMILES string of the molecule is [CH2]C(O)C[N+](C)(C)CCCCCCCCCCCCCCCCCC.[Cl-]. The van der Waals surface area contributed by atoms with Crippen molar-refractivity contribution < 1.29 is 22.0 Å². The molecule has 0 aromatic carbocycles. The molecule has 3 heteroatoms. The number of halogens is 1. The van der Waals surface area contributed by atoms with Gasteiger partial charge in [-0.05, 0) is 19.8 Å². The van der Waals surface area contributed by atoms with Crippen LogP contribution in [0.15, 0.2) is 0 Å². The molecule has 1 N–H and O–H groups in total. The highest BCUT2D eigenvalue weighted by atomic mass is 35.5. The standard InChI is InChI=1S/C23H49NO.ClH/c1-5-6-7-8-9-10-11-12-13-14-15-16-17-18-19-20-21-24(3,4)22-23(2)25;/h23,25H,2,5-22H2,1,3-4H3;1H/q+1;/p-1. The molecule has 0 saturated carbocycles. The van der Waals surface area contributed by atoms with Gasteiger partial charge >= 0.3 is 0 Å². The van der Waals surface area contributed by atoms with Gasteiger partial charge in [0.05, 0.1) is 20.6 Å². The van der Waals surface area contributed by atoms with Crippen LogP contribution in [0.1, 0.15) is 110 Å². The number of hydrogen-bond donors (Lipinski definition) is 1. The lowest BCUT2D eigenvalue weighted by Crippen LogP contribution is -3.00. The maximum absolute atomic E-state index is 9.40. The third-order valence-corrected chi connectivity index (χ3v) is 5.32. The normalized spacial score (nSPS) is 12.8. The number of hydrogen-bond acceptors (Lipinski definition) is 1. The molecule has 26 heavy (non-hydrogen) atoms. The average Bonchev–Trinajstić information content (AvgIpc) is 2.53. The Labute approximate surface area is 172 Å². The molecule has 0 saturated heterocycles. The first kappa shape index (κ1) is 28.4. The maximum Gasteiger partial charge on any atom is 0.105 e. The lowest BCUT2D eigenvalue weighted by atomic mass is 10.0. The van der Waals surface area contributed by atoms with Gasteiger partial charge in [0.2, 0.25) is 0 Å². The van der Waals surface area contributed by atoms with E-state index < -0.39 is 6.10 Å². The largest absolute Gasteiger partial charge is 1.00 e. The van der Waals surface area contributed by atoms with Crippen LogP contribution in [0.25, 0.3) is 0 Å². The van der Waals surface area contributed by atoms with Crippen LogP contribution in [-0.2, 0) is 0 Å². The molecular weight excluding hydrogens is 342 g/mol. The molecular formula is C23H49ClNO. The van der Waals surface area contributed by atoms with Gasteiger partial charge in [-0.1, -0.05) is 96.8 Å². The van der Waals surface area contributed by atoms with Crippen molar-refractivity contribution in [1.29, 1.82) is 0 Å². The van der Waals surface area contributed by atoms with Crippen molar-refractivity contribution in [1.82, 2.24) is 0 Å². The first-order valence-electron chi connectivity index (χ1n) is 11.3. The van der Waals surface area contributed by atoms with E-state index in [-0.39, 0.29) is 12.4 Å². The van der Waals surface area contributed by atoms with E-state index in [0.29, 0.717) is 0 Å². The third kappa shape index (κ3) is 22.3. The highest BCUT2D eigenvalue weighted by Gasteiger charge is 2.16. The molecule has 0 spiro atoms. The quantitative estimate of drug-likeness (QED) is 0.264. The Kier molecular flexibility index (Phi) is 21.8. The van der Waals surface area contributed by atoms with E-state index in [1.165, 1.54) is 103 Å². The van der Waals surface area contributed by atoms with Gasteiger partial charge < -0.3 is 22.0 Å². The van der Waals surface area contributed by atoms with E-state index in [0.717, 1.165) is 17.6 Å². The Morgan fingerprint density at radius 1 is 0.654 bits per heavy atom. The fourth-order valence-electron chi connectivity index (χ4n) is 3.75. The molecule has 1 atom stereocenters. The van der Waals surface area contributed by atoms with Gasteiger partial charge in [0.15, 0.2) is 0 Å². The molecule has 0 fully saturated rings. The second kappa shape index (κ2) is 20.0. The van der Waals surface area contributed by atoms with Crippen molar-refractivity contribution in [3.8, 4) is 0 Å². The lowest BCUT2D eigenvalue weighted by molar-refractivity contribution is -0.892. The molecule has 2 nitrogen and oxygen atoms in total. The van der Waals surface area contributed by atoms with Gasteiger partial charge in [-0.3, -0.25) is 0 Å². The fourth-order valence-corrected chi connectivity index (χ4v) is 3.75. The summed E-state index contributed by atoms with van der Waals surface area (Å²) < 4.78 is 0.892. The van der Waals surface area contributed by atoms with Crippen LogP contribution < -0.4 is 12.4 Å². The predicted molar refractivity (Wildman–Crippen MR) is 113 cm³/mol. The minimum atomic E-state index is -0.434. The first-order chi connectivity index (χ1) is 12.0. The number of rotatable bonds is 19. The van der Waals surface area contributed by atoms with Crippen molar-refractivity contribution in [3.63, 3.8) is 0 Å². The number of likely N-dealkylation sites (N-methyl/N-ethyl adjacent to an activating group) is 1. The minimum absolute atomic E-state index is 0. The number of unbranched alkanes of at least 4 members (excludes halogenated alkanes) is 15. The van der Waals surface area contributed by atoms with Crippen molar-refractivity contribution in [2.45, 2.75) is 116 Å². The molecule has 159 valence electrons. The van der Waals surface area contributed by atoms with Gasteiger partial charge in [0, 0.05) is 0 Å². The fraction of sp³-hybridized carbons (Fsp3) is 0.957. The maximum atomic E-state index is 9.40. The van der Waals surface area contributed by atoms with Crippen molar-refractivity contribution >= 4 is 0 Å². The number of quaternary nitrogens is 1. The summed E-state index contributed by atoms with van der Waals surface area (Å²) in [4.78, 5) is 0. The monoisotopic (exact) mass is 390 g/mol. The topological polar surface area (TPSA) is 20.2 Å². The molecule has 0 aliphatic carbocycles. The van der Waals surface area contributed by atoms with E-state index in [1.54, 1.807) is 0 Å². The summed E-state index contributed by atoms with van der Waals surface area (Å²) in [6.07, 6.45) is 22.3. The summed E-state index contributed by atoms with van der Waals surface area (Å²) in [5.41, 5.74) is 0. The lowest BCUT2D eigenvalue weighted by Gasteiger charge is -2.30. The number of nitrogens with zero attached hydrogens (tertiary/aromatic N) is 1. The first-order valence-corrected chi connectivity index (χ1v) is 11.3. The van der Waals surface area contributed by atoms with Gasteiger partial charge in [-0.2, -0.15) is 0 Å². The zero-order valence-electron chi connectivity index (χ0n) is 18.3. The molecule has 0 heterocycles. The average molecular weight is 391 g/mol. The second-order valence-electron chi connectivity index (χ2n) is 8.80. The highest BCUT2D eigenvalue weighted by molar-refractivity contribution is 4.55. The molecule has 0 aromatic rings. The van der Waals surface area contributed by atoms with Gasteiger partial charge in [0.1, 0.15) is 12.6 Å². The number of aliphatic hydroxyl groups excluding tert-OH is 1. The molecule has 0 aliphatic rings. The Morgan fingerprint density at radius 3 is 1.27 bits per heavy atom. The van der Waals surface area contributed by atoms with Crippen LogP contribution in [0, 0.1) is 6.92 Å². The van der Waals surface area contributed by atoms with Crippen LogP contribution in [0.3, 0.4) is 0 Å². The molecule has 1 radical (unpaired) electrons. The molecule has 0 bridgehead atoms. The van der Waals surface area contributed by atoms with Crippen LogP contribution in [0.2, 0.25) is 0 Å². The smallest absolute Gasteiger partial charge is 0.105 e. The summed E-state index contributed by atoms with van der Waals surface area (Å²) in [5, 5.41) is 9.40. The summed E-state index contributed by atoms with van der Waals surface area (Å²) >= 11 is 0. The molecule has 0 amide bonds. The van der Waals surface area contributed by atoms with Crippen molar-refractivity contribution in [2.24, 2.45) is 0 Å². The van der Waals surface area contributed by atoms with Crippen LogP contribution in [-0.4, -0.2) is 42.9 Å². The van der Waals surface area contributed by atoms with Crippen molar-refractivity contribution in [2.75, 3.05) is 27.2 Å². The predicted octanol–water partition coefficient (Wildman–Crippen LogP) is 3.52. The van der Waals surface area contributed by atoms with E-state index in [2.05, 4.69) is 27.9 Å². The van der Waals surface area contributed by atoms with E-state index in [9.17, 15) is 5.11 Å². The van der Waals surface area contributed by atoms with E-state index in [1.807, 2.05) is 0 Å². The summed E-state index contributed by atoms with van der Waals surface area (Å²) in [6, 6.07) is 0. The Bertz CT molecular complexity index is 269. The minimum Gasteiger partial charge on any atom is -1.00 e. The molecule has 0 rings (SSSR count). The molecule has 0 aromatic heterocycles. The Balaban J connectivity index is 0.